The van der Waals surface area contributed by atoms with Crippen LogP contribution in [0.2, 0.25) is 0 Å². The van der Waals surface area contributed by atoms with E-state index in [0.29, 0.717) is 0 Å². The third-order valence-corrected chi connectivity index (χ3v) is 2.52. The predicted octanol–water partition coefficient (Wildman–Crippen LogP) is 3.96. The second-order valence-electron chi connectivity index (χ2n) is 3.61. The van der Waals surface area contributed by atoms with E-state index in [0.717, 1.165) is 22.4 Å². The summed E-state index contributed by atoms with van der Waals surface area (Å²) in [4.78, 5) is 3.18. The number of fused-ring (bicyclic) bond motifs is 1. The zero-order valence-corrected chi connectivity index (χ0v) is 8.68. The molecule has 0 saturated heterocycles. The molecule has 0 spiro atoms. The van der Waals surface area contributed by atoms with Crippen LogP contribution >= 0.6 is 0 Å². The first-order chi connectivity index (χ1) is 7.93. The van der Waals surface area contributed by atoms with Gasteiger partial charge in [0.25, 0.3) is 0 Å². The topological polar surface area (TPSA) is 25.0 Å². The normalized spacial score (nSPS) is 10.5. The minimum atomic E-state index is 0.851. The molecular weight excluding hydrogens is 198 g/mol. The van der Waals surface area contributed by atoms with Crippen molar-refractivity contribution in [3.8, 4) is 11.5 Å². The lowest BCUT2D eigenvalue weighted by Crippen LogP contribution is -1.84. The molecule has 0 saturated carbocycles. The van der Waals surface area contributed by atoms with Crippen LogP contribution in [0.25, 0.3) is 10.9 Å². The molecule has 0 atom stereocenters. The molecule has 0 radical (unpaired) electrons. The summed E-state index contributed by atoms with van der Waals surface area (Å²) in [6, 6.07) is 17.8. The van der Waals surface area contributed by atoms with Crippen LogP contribution in [0, 0.1) is 0 Å². The standard InChI is InChI=1S/C14H11NO/c1-2-6-12(7-3-1)16-13-8-4-5-11-9-10-15-14(11)13/h1-10,15H. The number of rotatable bonds is 2. The average molecular weight is 209 g/mol. The molecule has 0 aliphatic rings. The van der Waals surface area contributed by atoms with Crippen LogP contribution in [0.1, 0.15) is 0 Å². The largest absolute Gasteiger partial charge is 0.455 e. The zero-order valence-electron chi connectivity index (χ0n) is 8.68. The number of para-hydroxylation sites is 2. The van der Waals surface area contributed by atoms with E-state index in [4.69, 9.17) is 4.74 Å². The van der Waals surface area contributed by atoms with Crippen LogP contribution in [0.15, 0.2) is 60.8 Å². The summed E-state index contributed by atoms with van der Waals surface area (Å²) in [6.07, 6.45) is 1.92. The quantitative estimate of drug-likeness (QED) is 0.679. The molecule has 0 unspecified atom stereocenters. The van der Waals surface area contributed by atoms with Crippen LogP contribution in [0.5, 0.6) is 11.5 Å². The smallest absolute Gasteiger partial charge is 0.151 e. The van der Waals surface area contributed by atoms with Crippen molar-refractivity contribution in [2.24, 2.45) is 0 Å². The van der Waals surface area contributed by atoms with Gasteiger partial charge in [-0.1, -0.05) is 30.3 Å². The Labute approximate surface area is 93.5 Å². The maximum atomic E-state index is 5.82. The van der Waals surface area contributed by atoms with Gasteiger partial charge in [0.2, 0.25) is 0 Å². The van der Waals surface area contributed by atoms with Crippen molar-refractivity contribution in [1.29, 1.82) is 0 Å². The van der Waals surface area contributed by atoms with E-state index >= 15 is 0 Å². The molecule has 0 amide bonds. The van der Waals surface area contributed by atoms with Gasteiger partial charge in [0.15, 0.2) is 5.75 Å². The highest BCUT2D eigenvalue weighted by molar-refractivity contribution is 5.85. The van der Waals surface area contributed by atoms with Gasteiger partial charge in [-0.3, -0.25) is 0 Å². The Morgan fingerprint density at radius 2 is 1.69 bits per heavy atom. The third kappa shape index (κ3) is 1.54. The number of benzene rings is 2. The molecule has 0 bridgehead atoms. The Morgan fingerprint density at radius 1 is 0.812 bits per heavy atom. The molecule has 78 valence electrons. The number of hydrogen-bond acceptors (Lipinski definition) is 1. The van der Waals surface area contributed by atoms with Gasteiger partial charge in [-0.25, -0.2) is 0 Å². The molecule has 0 fully saturated rings. The van der Waals surface area contributed by atoms with E-state index in [9.17, 15) is 0 Å². The Hall–Kier alpha value is -2.22. The Morgan fingerprint density at radius 3 is 2.56 bits per heavy atom. The van der Waals surface area contributed by atoms with Gasteiger partial charge < -0.3 is 9.72 Å². The Bertz CT molecular complexity index is 598. The average Bonchev–Trinajstić information content (AvgIpc) is 2.80. The van der Waals surface area contributed by atoms with Crippen molar-refractivity contribution in [1.82, 2.24) is 4.98 Å². The van der Waals surface area contributed by atoms with Crippen molar-refractivity contribution < 1.29 is 4.74 Å². The van der Waals surface area contributed by atoms with Crippen molar-refractivity contribution in [3.05, 3.63) is 60.8 Å². The number of aromatic amines is 1. The van der Waals surface area contributed by atoms with Crippen LogP contribution in [0.4, 0.5) is 0 Å². The first-order valence-corrected chi connectivity index (χ1v) is 5.22. The SMILES string of the molecule is c1ccc(Oc2cccc3cc[nH]c23)cc1. The number of aromatic nitrogens is 1. The van der Waals surface area contributed by atoms with Gasteiger partial charge in [-0.15, -0.1) is 0 Å². The number of H-pyrrole nitrogens is 1. The summed E-state index contributed by atoms with van der Waals surface area (Å²) in [5.74, 6) is 1.71. The van der Waals surface area contributed by atoms with Crippen molar-refractivity contribution in [3.63, 3.8) is 0 Å². The fourth-order valence-corrected chi connectivity index (χ4v) is 1.76. The summed E-state index contributed by atoms with van der Waals surface area (Å²) in [6.45, 7) is 0. The molecule has 1 N–H and O–H groups in total. The van der Waals surface area contributed by atoms with Crippen molar-refractivity contribution in [2.75, 3.05) is 0 Å². The fourth-order valence-electron chi connectivity index (χ4n) is 1.76. The van der Waals surface area contributed by atoms with E-state index in [2.05, 4.69) is 11.1 Å². The number of ether oxygens (including phenoxy) is 1. The summed E-state index contributed by atoms with van der Waals surface area (Å²) in [5.41, 5.74) is 1.03. The van der Waals surface area contributed by atoms with Gasteiger partial charge >= 0.3 is 0 Å². The second-order valence-corrected chi connectivity index (χ2v) is 3.61. The van der Waals surface area contributed by atoms with E-state index in [1.807, 2.05) is 54.7 Å². The summed E-state index contributed by atoms with van der Waals surface area (Å²) >= 11 is 0. The van der Waals surface area contributed by atoms with Crippen LogP contribution in [-0.2, 0) is 0 Å². The van der Waals surface area contributed by atoms with E-state index < -0.39 is 0 Å². The van der Waals surface area contributed by atoms with Gasteiger partial charge in [0.05, 0.1) is 5.52 Å². The first-order valence-electron chi connectivity index (χ1n) is 5.22. The minimum Gasteiger partial charge on any atom is -0.455 e. The molecule has 3 aromatic rings. The van der Waals surface area contributed by atoms with E-state index in [1.165, 1.54) is 0 Å². The van der Waals surface area contributed by atoms with Crippen LogP contribution in [0.3, 0.4) is 0 Å². The van der Waals surface area contributed by atoms with Crippen LogP contribution < -0.4 is 4.74 Å². The number of hydrogen-bond donors (Lipinski definition) is 1. The molecular formula is C14H11NO. The monoisotopic (exact) mass is 209 g/mol. The Kier molecular flexibility index (Phi) is 2.11. The highest BCUT2D eigenvalue weighted by atomic mass is 16.5. The molecule has 16 heavy (non-hydrogen) atoms. The Balaban J connectivity index is 2.04. The molecule has 1 aromatic heterocycles. The summed E-state index contributed by atoms with van der Waals surface area (Å²) < 4.78 is 5.82. The van der Waals surface area contributed by atoms with Gasteiger partial charge in [0, 0.05) is 11.6 Å². The second kappa shape index (κ2) is 3.74. The lowest BCUT2D eigenvalue weighted by atomic mass is 10.2. The van der Waals surface area contributed by atoms with Crippen LogP contribution in [-0.4, -0.2) is 4.98 Å². The molecule has 1 heterocycles. The first kappa shape index (κ1) is 9.04. The van der Waals surface area contributed by atoms with Crippen molar-refractivity contribution >= 4 is 10.9 Å². The molecule has 2 heteroatoms. The maximum absolute atomic E-state index is 5.82. The molecule has 0 aliphatic carbocycles. The molecule has 2 aromatic carbocycles. The lowest BCUT2D eigenvalue weighted by Gasteiger charge is -2.06. The molecule has 2 nitrogen and oxygen atoms in total. The number of nitrogens with one attached hydrogen (secondary N) is 1. The summed E-state index contributed by atoms with van der Waals surface area (Å²) in [7, 11) is 0. The van der Waals surface area contributed by atoms with E-state index in [1.54, 1.807) is 0 Å². The van der Waals surface area contributed by atoms with Gasteiger partial charge in [-0.05, 0) is 24.3 Å². The maximum Gasteiger partial charge on any atom is 0.151 e. The van der Waals surface area contributed by atoms with Crippen molar-refractivity contribution in [2.45, 2.75) is 0 Å². The highest BCUT2D eigenvalue weighted by Gasteiger charge is 2.03. The highest BCUT2D eigenvalue weighted by Crippen LogP contribution is 2.28. The minimum absolute atomic E-state index is 0.851. The van der Waals surface area contributed by atoms with Gasteiger partial charge in [-0.2, -0.15) is 0 Å². The fraction of sp³-hybridized carbons (Fsp3) is 0. The third-order valence-electron chi connectivity index (χ3n) is 2.52. The lowest BCUT2D eigenvalue weighted by molar-refractivity contribution is 0.487. The predicted molar refractivity (Wildman–Crippen MR) is 64.8 cm³/mol. The molecule has 0 aliphatic heterocycles. The summed E-state index contributed by atoms with van der Waals surface area (Å²) in [5, 5.41) is 1.16. The van der Waals surface area contributed by atoms with Gasteiger partial charge in [0.1, 0.15) is 5.75 Å². The molecule has 3 rings (SSSR count). The van der Waals surface area contributed by atoms with E-state index in [-0.39, 0.29) is 0 Å². The zero-order chi connectivity index (χ0) is 10.8.